The molecule has 5 atom stereocenters. The molecule has 206 valence electrons. The summed E-state index contributed by atoms with van der Waals surface area (Å²) in [5.41, 5.74) is -1.04. The van der Waals surface area contributed by atoms with E-state index in [9.17, 15) is 41.7 Å². The molecule has 0 amide bonds. The van der Waals surface area contributed by atoms with Gasteiger partial charge in [0.05, 0.1) is 24.1 Å². The van der Waals surface area contributed by atoms with Gasteiger partial charge in [0.2, 0.25) is 0 Å². The lowest BCUT2D eigenvalue weighted by atomic mass is 9.92. The van der Waals surface area contributed by atoms with E-state index in [1.54, 1.807) is 0 Å². The van der Waals surface area contributed by atoms with Gasteiger partial charge < -0.3 is 20.1 Å². The normalized spacial score (nSPS) is 23.8. The Hall–Kier alpha value is -3.86. The molecule has 3 N–H and O–H groups in total. The number of ether oxygens (including phenoxy) is 1. The van der Waals surface area contributed by atoms with Crippen LogP contribution < -0.4 is 0 Å². The average molecular weight is 556 g/mol. The van der Waals surface area contributed by atoms with Crippen LogP contribution in [0.1, 0.15) is 23.5 Å². The quantitative estimate of drug-likeness (QED) is 0.252. The summed E-state index contributed by atoms with van der Waals surface area (Å²) in [6.07, 6.45) is -8.24. The predicted molar refractivity (Wildman–Crippen MR) is 117 cm³/mol. The molecule has 4 aromatic rings. The maximum atomic E-state index is 13.7. The summed E-state index contributed by atoms with van der Waals surface area (Å²) in [4.78, 5) is 4.06. The SMILES string of the molecule is OC[C@H]1O[C@@H](c2ncnn2-c2ccc(C(F)(F)F)cc2)[C@H](O)[C@@H](n2cc(-c3cc(F)c(F)c(F)c3)nn2)[C@H]1O. The van der Waals surface area contributed by atoms with E-state index in [1.807, 2.05) is 0 Å². The topological polar surface area (TPSA) is 131 Å². The molecule has 16 heteroatoms. The molecule has 2 aromatic carbocycles. The zero-order valence-electron chi connectivity index (χ0n) is 19.4. The van der Waals surface area contributed by atoms with Gasteiger partial charge in [-0.1, -0.05) is 5.21 Å². The van der Waals surface area contributed by atoms with Crippen molar-refractivity contribution < 1.29 is 46.4 Å². The van der Waals surface area contributed by atoms with Gasteiger partial charge in [0.25, 0.3) is 0 Å². The third-order valence-corrected chi connectivity index (χ3v) is 6.26. The van der Waals surface area contributed by atoms with Crippen molar-refractivity contribution in [1.82, 2.24) is 29.8 Å². The molecule has 1 aliphatic heterocycles. The third kappa shape index (κ3) is 4.87. The van der Waals surface area contributed by atoms with E-state index in [1.165, 1.54) is 0 Å². The van der Waals surface area contributed by atoms with Gasteiger partial charge in [0.1, 0.15) is 42.5 Å². The van der Waals surface area contributed by atoms with Crippen molar-refractivity contribution in [3.05, 3.63) is 77.8 Å². The van der Waals surface area contributed by atoms with Gasteiger partial charge in [0.15, 0.2) is 23.3 Å². The van der Waals surface area contributed by atoms with Gasteiger partial charge in [-0.15, -0.1) is 5.10 Å². The first-order valence-corrected chi connectivity index (χ1v) is 11.3. The highest BCUT2D eigenvalue weighted by molar-refractivity contribution is 5.58. The Kier molecular flexibility index (Phi) is 6.88. The average Bonchev–Trinajstić information content (AvgIpc) is 3.57. The highest BCUT2D eigenvalue weighted by atomic mass is 19.4. The maximum absolute atomic E-state index is 13.7. The summed E-state index contributed by atoms with van der Waals surface area (Å²) in [5, 5.41) is 43.4. The minimum Gasteiger partial charge on any atom is -0.394 e. The summed E-state index contributed by atoms with van der Waals surface area (Å²) in [7, 11) is 0. The number of rotatable bonds is 5. The summed E-state index contributed by atoms with van der Waals surface area (Å²) >= 11 is 0. The van der Waals surface area contributed by atoms with Gasteiger partial charge >= 0.3 is 6.18 Å². The summed E-state index contributed by atoms with van der Waals surface area (Å²) in [5.74, 6) is -4.67. The second-order valence-electron chi connectivity index (χ2n) is 8.66. The zero-order valence-corrected chi connectivity index (χ0v) is 19.4. The number of alkyl halides is 3. The zero-order chi connectivity index (χ0) is 28.1. The molecular formula is C23H18F6N6O4. The van der Waals surface area contributed by atoms with Crippen LogP contribution in [0.2, 0.25) is 0 Å². The van der Waals surface area contributed by atoms with Gasteiger partial charge in [-0.3, -0.25) is 0 Å². The number of benzene rings is 2. The molecule has 5 rings (SSSR count). The molecule has 0 bridgehead atoms. The Balaban J connectivity index is 1.49. The fraction of sp³-hybridized carbons (Fsp3) is 0.304. The van der Waals surface area contributed by atoms with Crippen molar-refractivity contribution in [1.29, 1.82) is 0 Å². The standard InChI is InChI=1S/C23H18F6N6O4/c24-13-5-10(6-14(25)17(13)26)15-7-34(33-32-15)18-19(37)16(8-36)39-21(20(18)38)22-30-9-31-35(22)12-3-1-11(2-4-12)23(27,28)29/h1-7,9,16,18-21,36-38H,8H2/t16-,18+,19+,20-,21-/m1/s1. The second-order valence-corrected chi connectivity index (χ2v) is 8.66. The number of aromatic nitrogens is 6. The summed E-state index contributed by atoms with van der Waals surface area (Å²) in [6.45, 7) is -0.717. The van der Waals surface area contributed by atoms with Crippen molar-refractivity contribution in [3.63, 3.8) is 0 Å². The number of hydrogen-bond donors (Lipinski definition) is 3. The Labute approximate surface area is 214 Å². The van der Waals surface area contributed by atoms with Crippen LogP contribution in [0, 0.1) is 17.5 Å². The largest absolute Gasteiger partial charge is 0.416 e. The van der Waals surface area contributed by atoms with Crippen molar-refractivity contribution in [2.75, 3.05) is 6.61 Å². The number of aliphatic hydroxyl groups excluding tert-OH is 3. The summed E-state index contributed by atoms with van der Waals surface area (Å²) < 4.78 is 87.5. The predicted octanol–water partition coefficient (Wildman–Crippen LogP) is 2.36. The van der Waals surface area contributed by atoms with Crippen LogP contribution in [0.4, 0.5) is 26.3 Å². The molecule has 10 nitrogen and oxygen atoms in total. The van der Waals surface area contributed by atoms with E-state index in [2.05, 4.69) is 20.4 Å². The number of halogens is 6. The molecule has 3 heterocycles. The fourth-order valence-corrected chi connectivity index (χ4v) is 4.32. The first-order valence-electron chi connectivity index (χ1n) is 11.3. The van der Waals surface area contributed by atoms with Crippen LogP contribution in [0.3, 0.4) is 0 Å². The molecule has 0 aliphatic carbocycles. The monoisotopic (exact) mass is 556 g/mol. The van der Waals surface area contributed by atoms with Crippen LogP contribution in [-0.4, -0.2) is 70.0 Å². The molecule has 0 unspecified atom stereocenters. The highest BCUT2D eigenvalue weighted by Crippen LogP contribution is 2.38. The van der Waals surface area contributed by atoms with Gasteiger partial charge in [-0.05, 0) is 36.4 Å². The van der Waals surface area contributed by atoms with Crippen molar-refractivity contribution >= 4 is 0 Å². The Morgan fingerprint density at radius 3 is 2.26 bits per heavy atom. The molecule has 0 saturated carbocycles. The Bertz CT molecular complexity index is 1450. The molecule has 1 aliphatic rings. The molecular weight excluding hydrogens is 538 g/mol. The molecule has 0 spiro atoms. The lowest BCUT2D eigenvalue weighted by Gasteiger charge is -2.41. The van der Waals surface area contributed by atoms with Crippen molar-refractivity contribution in [2.24, 2.45) is 0 Å². The number of aliphatic hydroxyl groups is 3. The molecule has 1 saturated heterocycles. The van der Waals surface area contributed by atoms with Crippen LogP contribution in [0.15, 0.2) is 48.9 Å². The Morgan fingerprint density at radius 2 is 1.64 bits per heavy atom. The van der Waals surface area contributed by atoms with E-state index in [0.717, 1.165) is 46.2 Å². The smallest absolute Gasteiger partial charge is 0.394 e. The van der Waals surface area contributed by atoms with Crippen LogP contribution in [0.25, 0.3) is 16.9 Å². The van der Waals surface area contributed by atoms with Gasteiger partial charge in [-0.2, -0.15) is 18.3 Å². The van der Waals surface area contributed by atoms with Gasteiger partial charge in [-0.25, -0.2) is 27.5 Å². The van der Waals surface area contributed by atoms with Crippen molar-refractivity contribution in [2.45, 2.75) is 36.6 Å². The van der Waals surface area contributed by atoms with Crippen LogP contribution in [0.5, 0.6) is 0 Å². The first kappa shape index (κ1) is 26.7. The van der Waals surface area contributed by atoms with E-state index < -0.39 is 66.3 Å². The van der Waals surface area contributed by atoms with E-state index in [4.69, 9.17) is 4.74 Å². The minimum atomic E-state index is -4.56. The fourth-order valence-electron chi connectivity index (χ4n) is 4.32. The molecule has 39 heavy (non-hydrogen) atoms. The molecule has 2 aromatic heterocycles. The van der Waals surface area contributed by atoms with Crippen molar-refractivity contribution in [3.8, 4) is 16.9 Å². The number of nitrogens with zero attached hydrogens (tertiary/aromatic N) is 6. The Morgan fingerprint density at radius 1 is 0.974 bits per heavy atom. The molecule has 0 radical (unpaired) electrons. The maximum Gasteiger partial charge on any atom is 0.416 e. The minimum absolute atomic E-state index is 0.0689. The van der Waals surface area contributed by atoms with Crippen LogP contribution >= 0.6 is 0 Å². The third-order valence-electron chi connectivity index (χ3n) is 6.26. The van der Waals surface area contributed by atoms with Crippen LogP contribution in [-0.2, 0) is 10.9 Å². The van der Waals surface area contributed by atoms with E-state index in [0.29, 0.717) is 12.1 Å². The second kappa shape index (κ2) is 10.0. The molecule has 1 fully saturated rings. The summed E-state index contributed by atoms with van der Waals surface area (Å²) in [6, 6.07) is 3.97. The first-order chi connectivity index (χ1) is 18.5. The highest BCUT2D eigenvalue weighted by Gasteiger charge is 2.48. The van der Waals surface area contributed by atoms with Gasteiger partial charge in [0, 0.05) is 5.56 Å². The lowest BCUT2D eigenvalue weighted by molar-refractivity contribution is -0.210. The lowest BCUT2D eigenvalue weighted by Crippen LogP contribution is -2.53. The van der Waals surface area contributed by atoms with E-state index >= 15 is 0 Å². The van der Waals surface area contributed by atoms with E-state index in [-0.39, 0.29) is 22.8 Å². The number of hydrogen-bond acceptors (Lipinski definition) is 8.